The number of benzene rings is 2. The molecule has 2 aromatic heterocycles. The average Bonchev–Trinajstić information content (AvgIpc) is 2.73. The summed E-state index contributed by atoms with van der Waals surface area (Å²) >= 11 is 0. The van der Waals surface area contributed by atoms with Crippen molar-refractivity contribution < 1.29 is 22.0 Å². The maximum atomic E-state index is 14.8. The molecule has 2 heterocycles. The van der Waals surface area contributed by atoms with E-state index in [1.54, 1.807) is 31.2 Å². The number of ether oxygens (including phenoxy) is 1. The first-order chi connectivity index (χ1) is 15.2. The van der Waals surface area contributed by atoms with Crippen molar-refractivity contribution in [2.24, 2.45) is 5.14 Å². The summed E-state index contributed by atoms with van der Waals surface area (Å²) in [4.78, 5) is 20.6. The van der Waals surface area contributed by atoms with Crippen molar-refractivity contribution in [3.05, 3.63) is 87.8 Å². The van der Waals surface area contributed by atoms with Crippen molar-refractivity contribution in [3.8, 4) is 11.8 Å². The van der Waals surface area contributed by atoms with Crippen molar-refractivity contribution in [2.45, 2.75) is 13.3 Å². The molecule has 2 aromatic carbocycles. The standard InChI is InChI=1S/C21H17FN4O5S.Na.H/c1-12-15-7-6-14(30-21-24-8-3-9-25-21)11-18(15)31-20(27)16(12)10-13-4-2-5-17(19(13)22)26-32(23,28)29;;/h2-9,11,26H,10H2,1H3,(H2,23,28,29);;. The number of halogens is 1. The van der Waals surface area contributed by atoms with E-state index in [0.29, 0.717) is 16.7 Å². The van der Waals surface area contributed by atoms with Crippen LogP contribution in [0.3, 0.4) is 0 Å². The van der Waals surface area contributed by atoms with Gasteiger partial charge in [-0.25, -0.2) is 24.3 Å². The predicted octanol–water partition coefficient (Wildman–Crippen LogP) is 2.38. The number of aryl methyl sites for hydroxylation is 1. The van der Waals surface area contributed by atoms with Crippen LogP contribution in [0.5, 0.6) is 11.8 Å². The predicted molar refractivity (Wildman–Crippen MR) is 122 cm³/mol. The number of hydrogen-bond donors (Lipinski definition) is 2. The molecule has 166 valence electrons. The van der Waals surface area contributed by atoms with Crippen LogP contribution in [0.2, 0.25) is 0 Å². The minimum atomic E-state index is -4.15. The Hall–Kier alpha value is -2.83. The van der Waals surface area contributed by atoms with Gasteiger partial charge in [0, 0.05) is 35.8 Å². The number of fused-ring (bicyclic) bond motifs is 1. The maximum absolute atomic E-state index is 14.8. The molecule has 12 heteroatoms. The first-order valence-electron chi connectivity index (χ1n) is 9.30. The van der Waals surface area contributed by atoms with Crippen molar-refractivity contribution in [3.63, 3.8) is 0 Å². The molecule has 0 aliphatic rings. The Morgan fingerprint density at radius 3 is 2.58 bits per heavy atom. The fourth-order valence-corrected chi connectivity index (χ4v) is 3.69. The number of nitrogens with two attached hydrogens (primary N) is 1. The van der Waals surface area contributed by atoms with Gasteiger partial charge in [0.1, 0.15) is 11.3 Å². The van der Waals surface area contributed by atoms with E-state index >= 15 is 0 Å². The Balaban J connectivity index is 0.00000306. The summed E-state index contributed by atoms with van der Waals surface area (Å²) < 4.78 is 50.2. The summed E-state index contributed by atoms with van der Waals surface area (Å²) in [5.74, 6) is -0.446. The van der Waals surface area contributed by atoms with E-state index in [2.05, 4.69) is 9.97 Å². The summed E-state index contributed by atoms with van der Waals surface area (Å²) in [6.45, 7) is 1.72. The molecular formula is C21H18FN4NaO5S. The second-order valence-electron chi connectivity index (χ2n) is 6.89. The van der Waals surface area contributed by atoms with E-state index in [0.717, 1.165) is 0 Å². The van der Waals surface area contributed by atoms with E-state index in [4.69, 9.17) is 14.3 Å². The quantitative estimate of drug-likeness (QED) is 0.319. The molecule has 0 atom stereocenters. The van der Waals surface area contributed by atoms with Crippen LogP contribution in [0.1, 0.15) is 16.7 Å². The summed E-state index contributed by atoms with van der Waals surface area (Å²) in [6.07, 6.45) is 2.96. The molecule has 0 amide bonds. The Bertz CT molecular complexity index is 1480. The molecule has 0 aliphatic carbocycles. The van der Waals surface area contributed by atoms with Crippen LogP contribution in [0.15, 0.2) is 64.1 Å². The molecule has 4 rings (SSSR count). The van der Waals surface area contributed by atoms with Crippen molar-refractivity contribution >= 4 is 56.4 Å². The van der Waals surface area contributed by atoms with Crippen molar-refractivity contribution in [1.82, 2.24) is 9.97 Å². The molecule has 0 fully saturated rings. The second kappa shape index (κ2) is 9.98. The number of aromatic nitrogens is 2. The molecule has 33 heavy (non-hydrogen) atoms. The van der Waals surface area contributed by atoms with Gasteiger partial charge in [0.25, 0.3) is 10.2 Å². The second-order valence-corrected chi connectivity index (χ2v) is 8.18. The number of rotatable bonds is 6. The molecule has 0 radical (unpaired) electrons. The van der Waals surface area contributed by atoms with Crippen molar-refractivity contribution in [1.29, 1.82) is 0 Å². The van der Waals surface area contributed by atoms with Crippen LogP contribution in [0, 0.1) is 12.7 Å². The SMILES string of the molecule is Cc1c(Cc2cccc(NS(N)(=O)=O)c2F)c(=O)oc2cc(Oc3ncccn3)ccc12.[NaH]. The molecule has 0 aliphatic heterocycles. The molecule has 0 saturated carbocycles. The van der Waals surface area contributed by atoms with Crippen LogP contribution in [-0.2, 0) is 16.6 Å². The normalized spacial score (nSPS) is 11.1. The zero-order chi connectivity index (χ0) is 22.9. The molecule has 0 unspecified atom stereocenters. The Morgan fingerprint density at radius 2 is 1.88 bits per heavy atom. The first kappa shape index (κ1) is 24.8. The van der Waals surface area contributed by atoms with Gasteiger partial charge in [0.2, 0.25) is 0 Å². The van der Waals surface area contributed by atoms with Crippen LogP contribution in [-0.4, -0.2) is 47.9 Å². The molecule has 0 spiro atoms. The van der Waals surface area contributed by atoms with Gasteiger partial charge in [-0.2, -0.15) is 8.42 Å². The van der Waals surface area contributed by atoms with Gasteiger partial charge in [-0.05, 0) is 42.3 Å². The van der Waals surface area contributed by atoms with E-state index in [-0.39, 0.29) is 64.4 Å². The van der Waals surface area contributed by atoms with Crippen LogP contribution >= 0.6 is 0 Å². The van der Waals surface area contributed by atoms with Crippen LogP contribution in [0.25, 0.3) is 11.0 Å². The van der Waals surface area contributed by atoms with Gasteiger partial charge in [0.05, 0.1) is 5.69 Å². The third-order valence-corrected chi connectivity index (χ3v) is 5.21. The fourth-order valence-electron chi connectivity index (χ4n) is 3.22. The van der Waals surface area contributed by atoms with E-state index in [9.17, 15) is 17.6 Å². The number of anilines is 1. The monoisotopic (exact) mass is 480 g/mol. The van der Waals surface area contributed by atoms with Gasteiger partial charge in [0.15, 0.2) is 5.82 Å². The Labute approximate surface area is 210 Å². The third kappa shape index (κ3) is 5.75. The zero-order valence-corrected chi connectivity index (χ0v) is 17.5. The van der Waals surface area contributed by atoms with Gasteiger partial charge in [-0.1, -0.05) is 12.1 Å². The van der Waals surface area contributed by atoms with E-state index < -0.39 is 21.7 Å². The number of nitrogens with one attached hydrogen (secondary N) is 1. The summed E-state index contributed by atoms with van der Waals surface area (Å²) in [6, 6.07) is 10.9. The van der Waals surface area contributed by atoms with Crippen LogP contribution in [0.4, 0.5) is 10.1 Å². The molecule has 0 bridgehead atoms. The van der Waals surface area contributed by atoms with E-state index in [1.807, 2.05) is 4.72 Å². The van der Waals surface area contributed by atoms with Gasteiger partial charge >= 0.3 is 41.2 Å². The van der Waals surface area contributed by atoms with Gasteiger partial charge in [-0.3, -0.25) is 4.72 Å². The Morgan fingerprint density at radius 1 is 1.15 bits per heavy atom. The first-order valence-corrected chi connectivity index (χ1v) is 10.8. The van der Waals surface area contributed by atoms with Gasteiger partial charge in [-0.15, -0.1) is 0 Å². The molecular weight excluding hydrogens is 462 g/mol. The topological polar surface area (TPSA) is 137 Å². The third-order valence-electron chi connectivity index (χ3n) is 4.71. The number of hydrogen-bond acceptors (Lipinski definition) is 7. The summed E-state index contributed by atoms with van der Waals surface area (Å²) in [5.41, 5.74) is 0.279. The van der Waals surface area contributed by atoms with Crippen molar-refractivity contribution in [2.75, 3.05) is 4.72 Å². The summed E-state index contributed by atoms with van der Waals surface area (Å²) in [7, 11) is -4.15. The number of nitrogens with zero attached hydrogens (tertiary/aromatic N) is 2. The zero-order valence-electron chi connectivity index (χ0n) is 16.7. The molecule has 0 saturated heterocycles. The van der Waals surface area contributed by atoms with Gasteiger partial charge < -0.3 is 9.15 Å². The fraction of sp³-hybridized carbons (Fsp3) is 0.0952. The minimum absolute atomic E-state index is 0. The van der Waals surface area contributed by atoms with E-state index in [1.165, 1.54) is 30.6 Å². The summed E-state index contributed by atoms with van der Waals surface area (Å²) in [5, 5.41) is 5.56. The average molecular weight is 480 g/mol. The Kier molecular flexibility index (Phi) is 7.50. The molecule has 4 aromatic rings. The van der Waals surface area contributed by atoms with Crippen LogP contribution < -0.4 is 20.2 Å². The molecule has 3 N–H and O–H groups in total. The molecule has 9 nitrogen and oxygen atoms in total.